The molecule has 3 aromatic rings. The summed E-state index contributed by atoms with van der Waals surface area (Å²) in [6.07, 6.45) is 2.15. The molecular weight excluding hydrogens is 500 g/mol. The van der Waals surface area contributed by atoms with Gasteiger partial charge in [-0.2, -0.15) is 4.31 Å². The number of piperidine rings is 1. The largest absolute Gasteiger partial charge is 0.345 e. The number of aryl methyl sites for hydroxylation is 1. The maximum atomic E-state index is 13.4. The number of sulfonamides is 1. The predicted molar refractivity (Wildman–Crippen MR) is 134 cm³/mol. The highest BCUT2D eigenvalue weighted by molar-refractivity contribution is 7.91. The number of halogens is 1. The molecule has 1 unspecified atom stereocenters. The zero-order chi connectivity index (χ0) is 23.2. The number of carbonyl (C=O) groups is 1. The summed E-state index contributed by atoms with van der Waals surface area (Å²) in [7, 11) is -3.75. The SMILES string of the molecule is Cc1cccc2sc(N3CCN(C(=O)C4CCCCN4S(=O)(=O)c4ccc(Cl)s4)CC3)nc12. The first kappa shape index (κ1) is 23.0. The van der Waals surface area contributed by atoms with Crippen molar-refractivity contribution < 1.29 is 13.2 Å². The van der Waals surface area contributed by atoms with Gasteiger partial charge in [0.25, 0.3) is 10.0 Å². The molecule has 1 atom stereocenters. The van der Waals surface area contributed by atoms with Gasteiger partial charge in [0.1, 0.15) is 10.3 Å². The predicted octanol–water partition coefficient (Wildman–Crippen LogP) is 4.21. The van der Waals surface area contributed by atoms with E-state index < -0.39 is 16.1 Å². The molecular formula is C22H25ClN4O3S3. The number of anilines is 1. The van der Waals surface area contributed by atoms with Crippen LogP contribution in [0.25, 0.3) is 10.2 Å². The van der Waals surface area contributed by atoms with Gasteiger partial charge in [0, 0.05) is 32.7 Å². The van der Waals surface area contributed by atoms with Crippen LogP contribution in [0, 0.1) is 6.92 Å². The maximum Gasteiger partial charge on any atom is 0.253 e. The van der Waals surface area contributed by atoms with E-state index in [0.29, 0.717) is 43.5 Å². The molecule has 1 amide bonds. The van der Waals surface area contributed by atoms with Gasteiger partial charge in [-0.15, -0.1) is 11.3 Å². The minimum absolute atomic E-state index is 0.0966. The third-order valence-corrected chi connectivity index (χ3v) is 11.0. The van der Waals surface area contributed by atoms with E-state index in [1.54, 1.807) is 17.4 Å². The van der Waals surface area contributed by atoms with E-state index in [9.17, 15) is 13.2 Å². The summed E-state index contributed by atoms with van der Waals surface area (Å²) in [5.74, 6) is -0.0966. The second kappa shape index (κ2) is 9.14. The number of carbonyl (C=O) groups excluding carboxylic acids is 1. The Morgan fingerprint density at radius 1 is 1.06 bits per heavy atom. The number of aromatic nitrogens is 1. The Morgan fingerprint density at radius 2 is 1.85 bits per heavy atom. The van der Waals surface area contributed by atoms with E-state index in [1.807, 2.05) is 11.0 Å². The van der Waals surface area contributed by atoms with Gasteiger partial charge in [0.15, 0.2) is 5.13 Å². The van der Waals surface area contributed by atoms with Crippen molar-refractivity contribution in [2.75, 3.05) is 37.6 Å². The van der Waals surface area contributed by atoms with Crippen molar-refractivity contribution in [3.8, 4) is 0 Å². The lowest BCUT2D eigenvalue weighted by Gasteiger charge is -2.40. The molecule has 0 bridgehead atoms. The van der Waals surface area contributed by atoms with Gasteiger partial charge < -0.3 is 9.80 Å². The second-order valence-corrected chi connectivity index (χ2v) is 13.3. The molecule has 4 heterocycles. The minimum atomic E-state index is -3.75. The number of hydrogen-bond donors (Lipinski definition) is 0. The molecule has 2 aliphatic heterocycles. The molecule has 11 heteroatoms. The van der Waals surface area contributed by atoms with Gasteiger partial charge in [-0.1, -0.05) is 41.5 Å². The molecule has 0 spiro atoms. The van der Waals surface area contributed by atoms with Gasteiger partial charge in [0.2, 0.25) is 5.91 Å². The van der Waals surface area contributed by atoms with Crippen LogP contribution in [0.4, 0.5) is 5.13 Å². The summed E-state index contributed by atoms with van der Waals surface area (Å²) in [4.78, 5) is 22.3. The highest BCUT2D eigenvalue weighted by Gasteiger charge is 2.40. The number of amides is 1. The number of thiophene rings is 1. The van der Waals surface area contributed by atoms with Crippen LogP contribution >= 0.6 is 34.3 Å². The molecule has 0 saturated carbocycles. The molecule has 2 aliphatic rings. The molecule has 0 N–H and O–H groups in total. The zero-order valence-electron chi connectivity index (χ0n) is 18.2. The maximum absolute atomic E-state index is 13.4. The quantitative estimate of drug-likeness (QED) is 0.511. The molecule has 2 fully saturated rings. The van der Waals surface area contributed by atoms with Crippen molar-refractivity contribution in [2.45, 2.75) is 36.4 Å². The van der Waals surface area contributed by atoms with Crippen LogP contribution in [0.3, 0.4) is 0 Å². The fraction of sp³-hybridized carbons (Fsp3) is 0.455. The van der Waals surface area contributed by atoms with Gasteiger partial charge in [0.05, 0.1) is 14.6 Å². The van der Waals surface area contributed by atoms with Crippen LogP contribution in [0.5, 0.6) is 0 Å². The smallest absolute Gasteiger partial charge is 0.253 e. The van der Waals surface area contributed by atoms with Crippen molar-refractivity contribution in [1.82, 2.24) is 14.2 Å². The van der Waals surface area contributed by atoms with Crippen LogP contribution in [0.2, 0.25) is 4.34 Å². The van der Waals surface area contributed by atoms with E-state index in [-0.39, 0.29) is 10.1 Å². The highest BCUT2D eigenvalue weighted by Crippen LogP contribution is 2.33. The number of piperazine rings is 1. The van der Waals surface area contributed by atoms with Gasteiger partial charge in [-0.05, 0) is 43.5 Å². The number of nitrogens with zero attached hydrogens (tertiary/aromatic N) is 4. The summed E-state index contributed by atoms with van der Waals surface area (Å²) in [6.45, 7) is 4.91. The highest BCUT2D eigenvalue weighted by atomic mass is 35.5. The number of para-hydroxylation sites is 1. The standard InChI is InChI=1S/C22H25ClN4O3S3/c1-15-5-4-7-17-20(15)24-22(31-17)26-13-11-25(12-14-26)21(28)16-6-2-3-10-27(16)33(29,30)19-9-8-18(23)32-19/h4-5,7-9,16H,2-3,6,10-14H2,1H3. The van der Waals surface area contributed by atoms with Crippen LogP contribution < -0.4 is 4.90 Å². The van der Waals surface area contributed by atoms with E-state index in [4.69, 9.17) is 16.6 Å². The fourth-order valence-corrected chi connectivity index (χ4v) is 8.89. The van der Waals surface area contributed by atoms with E-state index in [1.165, 1.54) is 15.1 Å². The lowest BCUT2D eigenvalue weighted by molar-refractivity contribution is -0.136. The normalized spacial score (nSPS) is 20.5. The molecule has 2 saturated heterocycles. The van der Waals surface area contributed by atoms with Crippen LogP contribution in [0.1, 0.15) is 24.8 Å². The van der Waals surface area contributed by atoms with Gasteiger partial charge >= 0.3 is 0 Å². The number of benzene rings is 1. The van der Waals surface area contributed by atoms with E-state index >= 15 is 0 Å². The third-order valence-electron chi connectivity index (χ3n) is 6.32. The van der Waals surface area contributed by atoms with Gasteiger partial charge in [-0.3, -0.25) is 4.79 Å². The average molecular weight is 525 g/mol. The molecule has 1 aromatic carbocycles. The molecule has 0 aliphatic carbocycles. The number of hydrogen-bond acceptors (Lipinski definition) is 7. The average Bonchev–Trinajstić information content (AvgIpc) is 3.46. The number of rotatable bonds is 4. The lowest BCUT2D eigenvalue weighted by Crippen LogP contribution is -2.57. The number of fused-ring (bicyclic) bond motifs is 1. The first-order chi connectivity index (χ1) is 15.8. The Morgan fingerprint density at radius 3 is 2.55 bits per heavy atom. The summed E-state index contributed by atoms with van der Waals surface area (Å²) in [6, 6.07) is 8.66. The van der Waals surface area contributed by atoms with E-state index in [0.717, 1.165) is 40.4 Å². The molecule has 7 nitrogen and oxygen atoms in total. The Balaban J connectivity index is 1.29. The van der Waals surface area contributed by atoms with Crippen LogP contribution in [0.15, 0.2) is 34.5 Å². The molecule has 2 aromatic heterocycles. The lowest BCUT2D eigenvalue weighted by atomic mass is 10.0. The first-order valence-corrected chi connectivity index (χ1v) is 14.5. The van der Waals surface area contributed by atoms with Crippen molar-refractivity contribution in [1.29, 1.82) is 0 Å². The first-order valence-electron chi connectivity index (χ1n) is 11.0. The monoisotopic (exact) mass is 524 g/mol. The topological polar surface area (TPSA) is 73.8 Å². The van der Waals surface area contributed by atoms with Crippen molar-refractivity contribution in [2.24, 2.45) is 0 Å². The Kier molecular flexibility index (Phi) is 6.39. The summed E-state index contributed by atoms with van der Waals surface area (Å²) >= 11 is 8.69. The Hall–Kier alpha value is -1.72. The van der Waals surface area contributed by atoms with Crippen molar-refractivity contribution >= 4 is 65.6 Å². The van der Waals surface area contributed by atoms with E-state index in [2.05, 4.69) is 24.0 Å². The summed E-state index contributed by atoms with van der Waals surface area (Å²) in [5, 5.41) is 0.975. The fourth-order valence-electron chi connectivity index (χ4n) is 4.53. The van der Waals surface area contributed by atoms with Crippen LogP contribution in [-0.2, 0) is 14.8 Å². The van der Waals surface area contributed by atoms with Crippen LogP contribution in [-0.4, -0.2) is 67.3 Å². The van der Waals surface area contributed by atoms with Crippen molar-refractivity contribution in [3.05, 3.63) is 40.2 Å². The second-order valence-electron chi connectivity index (χ2n) is 8.42. The molecule has 176 valence electrons. The molecule has 33 heavy (non-hydrogen) atoms. The summed E-state index contributed by atoms with van der Waals surface area (Å²) in [5.41, 5.74) is 2.20. The Labute approximate surface area is 206 Å². The summed E-state index contributed by atoms with van der Waals surface area (Å²) < 4.78 is 29.7. The van der Waals surface area contributed by atoms with Crippen molar-refractivity contribution in [3.63, 3.8) is 0 Å². The Bertz CT molecular complexity index is 1280. The van der Waals surface area contributed by atoms with Gasteiger partial charge in [-0.25, -0.2) is 13.4 Å². The minimum Gasteiger partial charge on any atom is -0.345 e. The third kappa shape index (κ3) is 4.39. The molecule has 5 rings (SSSR count). The molecule has 0 radical (unpaired) electrons. The number of thiazole rings is 1. The zero-order valence-corrected chi connectivity index (χ0v) is 21.4.